The average molecular weight is 263 g/mol. The van der Waals surface area contributed by atoms with Gasteiger partial charge in [0.05, 0.1) is 13.2 Å². The molecular weight excluding hydrogens is 246 g/mol. The Labute approximate surface area is 112 Å². The summed E-state index contributed by atoms with van der Waals surface area (Å²) in [6.45, 7) is 2.37. The quantitative estimate of drug-likeness (QED) is 0.508. The summed E-state index contributed by atoms with van der Waals surface area (Å²) in [6, 6.07) is 7.75. The van der Waals surface area contributed by atoms with Gasteiger partial charge in [0.15, 0.2) is 0 Å². The number of carbonyl (C=O) groups excluding carboxylic acids is 2. The summed E-state index contributed by atoms with van der Waals surface area (Å²) in [7, 11) is 2.72. The smallest absolute Gasteiger partial charge is 0.373 e. The molecule has 0 aliphatic carbocycles. The van der Waals surface area contributed by atoms with Crippen LogP contribution in [0.5, 0.6) is 0 Å². The predicted octanol–water partition coefficient (Wildman–Crippen LogP) is 1.57. The molecule has 0 atom stereocenters. The van der Waals surface area contributed by atoms with Gasteiger partial charge in [-0.15, -0.1) is 0 Å². The van der Waals surface area contributed by atoms with E-state index in [0.29, 0.717) is 6.54 Å². The van der Waals surface area contributed by atoms with Crippen LogP contribution in [-0.4, -0.2) is 36.0 Å². The molecule has 0 aliphatic heterocycles. The molecule has 5 heteroatoms. The van der Waals surface area contributed by atoms with E-state index >= 15 is 0 Å². The maximum absolute atomic E-state index is 11.7. The molecule has 0 saturated heterocycles. The Bertz CT molecular complexity index is 491. The maximum Gasteiger partial charge on any atom is 0.373 e. The van der Waals surface area contributed by atoms with Crippen molar-refractivity contribution in [1.29, 1.82) is 0 Å². The summed E-state index contributed by atoms with van der Waals surface area (Å²) in [6.07, 6.45) is 0.847. The highest BCUT2D eigenvalue weighted by atomic mass is 16.5. The average Bonchev–Trinajstić information content (AvgIpc) is 2.40. The van der Waals surface area contributed by atoms with Crippen molar-refractivity contribution in [2.24, 2.45) is 0 Å². The lowest BCUT2D eigenvalue weighted by molar-refractivity contribution is -0.139. The fourth-order valence-electron chi connectivity index (χ4n) is 1.44. The van der Waals surface area contributed by atoms with Gasteiger partial charge in [0.1, 0.15) is 0 Å². The zero-order chi connectivity index (χ0) is 14.4. The first-order valence-corrected chi connectivity index (χ1v) is 5.73. The van der Waals surface area contributed by atoms with Crippen molar-refractivity contribution in [3.63, 3.8) is 0 Å². The standard InChI is InChI=1S/C14H17NO4/c1-10-4-6-11(7-5-10)9-15(2)13(17)8-12(16)14(18)19-3/h4-8,16H,9H2,1-3H3/b12-8-. The summed E-state index contributed by atoms with van der Waals surface area (Å²) < 4.78 is 4.30. The highest BCUT2D eigenvalue weighted by Gasteiger charge is 2.12. The topological polar surface area (TPSA) is 66.8 Å². The highest BCUT2D eigenvalue weighted by Crippen LogP contribution is 2.06. The largest absolute Gasteiger partial charge is 0.502 e. The number of carbonyl (C=O) groups is 2. The van der Waals surface area contributed by atoms with Gasteiger partial charge in [-0.05, 0) is 12.5 Å². The summed E-state index contributed by atoms with van der Waals surface area (Å²) in [4.78, 5) is 24.1. The van der Waals surface area contributed by atoms with Gasteiger partial charge in [-0.3, -0.25) is 4.79 Å². The number of hydrogen-bond acceptors (Lipinski definition) is 4. The number of ether oxygens (including phenoxy) is 1. The van der Waals surface area contributed by atoms with Crippen LogP contribution in [0.1, 0.15) is 11.1 Å². The molecule has 1 rings (SSSR count). The Morgan fingerprint density at radius 1 is 1.32 bits per heavy atom. The lowest BCUT2D eigenvalue weighted by Gasteiger charge is -2.15. The van der Waals surface area contributed by atoms with Crippen LogP contribution in [-0.2, 0) is 20.9 Å². The van der Waals surface area contributed by atoms with Gasteiger partial charge in [-0.25, -0.2) is 4.79 Å². The van der Waals surface area contributed by atoms with Crippen molar-refractivity contribution in [3.8, 4) is 0 Å². The maximum atomic E-state index is 11.7. The Balaban J connectivity index is 2.67. The van der Waals surface area contributed by atoms with Crippen molar-refractivity contribution in [2.45, 2.75) is 13.5 Å². The van der Waals surface area contributed by atoms with E-state index in [1.807, 2.05) is 31.2 Å². The molecule has 0 aliphatic rings. The highest BCUT2D eigenvalue weighted by molar-refractivity contribution is 5.96. The van der Waals surface area contributed by atoms with Crippen LogP contribution in [0.3, 0.4) is 0 Å². The van der Waals surface area contributed by atoms with Gasteiger partial charge in [-0.2, -0.15) is 0 Å². The van der Waals surface area contributed by atoms with Crippen LogP contribution in [0.4, 0.5) is 0 Å². The van der Waals surface area contributed by atoms with Crippen LogP contribution in [0.2, 0.25) is 0 Å². The fraction of sp³-hybridized carbons (Fsp3) is 0.286. The monoisotopic (exact) mass is 263 g/mol. The number of methoxy groups -OCH3 is 1. The third-order valence-corrected chi connectivity index (χ3v) is 2.57. The zero-order valence-corrected chi connectivity index (χ0v) is 11.2. The molecule has 1 aromatic rings. The molecule has 0 heterocycles. The fourth-order valence-corrected chi connectivity index (χ4v) is 1.44. The zero-order valence-electron chi connectivity index (χ0n) is 11.2. The second kappa shape index (κ2) is 6.58. The van der Waals surface area contributed by atoms with Gasteiger partial charge in [-0.1, -0.05) is 29.8 Å². The molecule has 102 valence electrons. The number of aliphatic hydroxyl groups excluding tert-OH is 1. The molecule has 19 heavy (non-hydrogen) atoms. The van der Waals surface area contributed by atoms with Crippen molar-refractivity contribution >= 4 is 11.9 Å². The normalized spacial score (nSPS) is 11.0. The molecular formula is C14H17NO4. The SMILES string of the molecule is COC(=O)/C(O)=C/C(=O)N(C)Cc1ccc(C)cc1. The van der Waals surface area contributed by atoms with Crippen LogP contribution in [0.15, 0.2) is 36.1 Å². The first-order chi connectivity index (χ1) is 8.93. The van der Waals surface area contributed by atoms with E-state index in [0.717, 1.165) is 24.3 Å². The summed E-state index contributed by atoms with van der Waals surface area (Å²) in [5.74, 6) is -2.11. The lowest BCUT2D eigenvalue weighted by Crippen LogP contribution is -2.25. The minimum Gasteiger partial charge on any atom is -0.502 e. The molecule has 1 N–H and O–H groups in total. The minimum atomic E-state index is -0.933. The number of amides is 1. The minimum absolute atomic E-state index is 0.393. The first kappa shape index (κ1) is 14.8. The van der Waals surface area contributed by atoms with E-state index in [2.05, 4.69) is 4.74 Å². The molecule has 5 nitrogen and oxygen atoms in total. The summed E-state index contributed by atoms with van der Waals surface area (Å²) in [5.41, 5.74) is 2.10. The molecule has 1 aromatic carbocycles. The molecule has 0 unspecified atom stereocenters. The van der Waals surface area contributed by atoms with E-state index < -0.39 is 17.6 Å². The molecule has 0 fully saturated rings. The van der Waals surface area contributed by atoms with E-state index in [-0.39, 0.29) is 0 Å². The van der Waals surface area contributed by atoms with Gasteiger partial charge < -0.3 is 14.7 Å². The molecule has 0 bridgehead atoms. The number of likely N-dealkylation sites (N-methyl/N-ethyl adjacent to an activating group) is 1. The number of benzene rings is 1. The molecule has 0 radical (unpaired) electrons. The third-order valence-electron chi connectivity index (χ3n) is 2.57. The van der Waals surface area contributed by atoms with Crippen molar-refractivity contribution in [1.82, 2.24) is 4.90 Å². The second-order valence-electron chi connectivity index (χ2n) is 4.20. The van der Waals surface area contributed by atoms with Crippen LogP contribution in [0, 0.1) is 6.92 Å². The van der Waals surface area contributed by atoms with Crippen molar-refractivity contribution in [2.75, 3.05) is 14.2 Å². The van der Waals surface area contributed by atoms with E-state index in [9.17, 15) is 14.7 Å². The predicted molar refractivity (Wildman–Crippen MR) is 70.4 cm³/mol. The molecule has 1 amide bonds. The number of nitrogens with zero attached hydrogens (tertiary/aromatic N) is 1. The summed E-state index contributed by atoms with van der Waals surface area (Å²) >= 11 is 0. The van der Waals surface area contributed by atoms with Crippen LogP contribution in [0.25, 0.3) is 0 Å². The number of aliphatic hydroxyl groups is 1. The second-order valence-corrected chi connectivity index (χ2v) is 4.20. The van der Waals surface area contributed by atoms with Gasteiger partial charge in [0.2, 0.25) is 5.76 Å². The number of esters is 1. The Kier molecular flexibility index (Phi) is 5.11. The molecule has 0 aromatic heterocycles. The van der Waals surface area contributed by atoms with Gasteiger partial charge in [0, 0.05) is 13.6 Å². The molecule has 0 saturated carbocycles. The number of aryl methyl sites for hydroxylation is 1. The van der Waals surface area contributed by atoms with E-state index in [1.165, 1.54) is 4.90 Å². The Morgan fingerprint density at radius 2 is 1.89 bits per heavy atom. The van der Waals surface area contributed by atoms with Gasteiger partial charge >= 0.3 is 5.97 Å². The Hall–Kier alpha value is -2.30. The number of rotatable bonds is 4. The number of hydrogen-bond donors (Lipinski definition) is 1. The first-order valence-electron chi connectivity index (χ1n) is 5.73. The van der Waals surface area contributed by atoms with Crippen molar-refractivity contribution < 1.29 is 19.4 Å². The van der Waals surface area contributed by atoms with Crippen LogP contribution < -0.4 is 0 Å². The Morgan fingerprint density at radius 3 is 2.42 bits per heavy atom. The van der Waals surface area contributed by atoms with Gasteiger partial charge in [0.25, 0.3) is 5.91 Å². The van der Waals surface area contributed by atoms with E-state index in [1.54, 1.807) is 7.05 Å². The lowest BCUT2D eigenvalue weighted by atomic mass is 10.1. The van der Waals surface area contributed by atoms with Crippen LogP contribution >= 0.6 is 0 Å². The summed E-state index contributed by atoms with van der Waals surface area (Å²) in [5, 5.41) is 9.28. The third kappa shape index (κ3) is 4.46. The van der Waals surface area contributed by atoms with Crippen molar-refractivity contribution in [3.05, 3.63) is 47.2 Å². The van der Waals surface area contributed by atoms with E-state index in [4.69, 9.17) is 0 Å². The molecule has 0 spiro atoms.